The van der Waals surface area contributed by atoms with E-state index >= 15 is 0 Å². The van der Waals surface area contributed by atoms with E-state index in [1.165, 1.54) is 27.1 Å². The average molecular weight is 578 g/mol. The molecule has 0 radical (unpaired) electrons. The molecule has 0 fully saturated rings. The van der Waals surface area contributed by atoms with Crippen molar-refractivity contribution in [1.82, 2.24) is 0 Å². The van der Waals surface area contributed by atoms with Gasteiger partial charge in [0, 0.05) is 28.1 Å². The van der Waals surface area contributed by atoms with Crippen LogP contribution in [0.1, 0.15) is 16.7 Å². The maximum absolute atomic E-state index is 8.61. The van der Waals surface area contributed by atoms with E-state index in [4.69, 9.17) is 14.8 Å². The van der Waals surface area contributed by atoms with Gasteiger partial charge in [-0.25, -0.2) is 9.98 Å². The molecule has 212 valence electrons. The van der Waals surface area contributed by atoms with Crippen molar-refractivity contribution in [2.75, 3.05) is 0 Å². The number of fused-ring (bicyclic) bond motifs is 6. The number of nitrogens with zero attached hydrogens (tertiary/aromatic N) is 2. The summed E-state index contributed by atoms with van der Waals surface area (Å²) in [5.41, 5.74) is 6.47. The van der Waals surface area contributed by atoms with Crippen molar-refractivity contribution < 1.29 is 4.42 Å². The van der Waals surface area contributed by atoms with Crippen molar-refractivity contribution in [3.63, 3.8) is 0 Å². The SMILES string of the molecule is N=C(N=C(N=Cc1ccc2oc3cccc(-c4cc5ccccc5c5ccccc45)c3c2c1)c1ccccc1)c1ccccc1. The van der Waals surface area contributed by atoms with E-state index in [9.17, 15) is 0 Å². The lowest BCUT2D eigenvalue weighted by atomic mass is 9.91. The number of hydrogen-bond donors (Lipinski definition) is 1. The molecule has 45 heavy (non-hydrogen) atoms. The normalized spacial score (nSPS) is 12.1. The summed E-state index contributed by atoms with van der Waals surface area (Å²) in [4.78, 5) is 9.44. The molecule has 4 heteroatoms. The summed E-state index contributed by atoms with van der Waals surface area (Å²) in [6.45, 7) is 0. The largest absolute Gasteiger partial charge is 0.456 e. The molecule has 0 saturated heterocycles. The van der Waals surface area contributed by atoms with Crippen LogP contribution in [0.3, 0.4) is 0 Å². The molecule has 0 spiro atoms. The van der Waals surface area contributed by atoms with Crippen LogP contribution >= 0.6 is 0 Å². The molecule has 0 aliphatic carbocycles. The average Bonchev–Trinajstić information content (AvgIpc) is 3.48. The quantitative estimate of drug-likeness (QED) is 0.126. The van der Waals surface area contributed by atoms with Crippen molar-refractivity contribution in [3.8, 4) is 11.1 Å². The molecular formula is C41H27N3O. The Bertz CT molecular complexity index is 2440. The van der Waals surface area contributed by atoms with E-state index in [2.05, 4.69) is 77.8 Å². The number of hydrogen-bond acceptors (Lipinski definition) is 2. The van der Waals surface area contributed by atoms with E-state index in [1.54, 1.807) is 0 Å². The third-order valence-electron chi connectivity index (χ3n) is 8.21. The second kappa shape index (κ2) is 11.2. The monoisotopic (exact) mass is 577 g/mol. The Morgan fingerprint density at radius 2 is 1.22 bits per heavy atom. The van der Waals surface area contributed by atoms with Crippen LogP contribution in [0.2, 0.25) is 0 Å². The topological polar surface area (TPSA) is 61.7 Å². The molecule has 8 rings (SSSR count). The standard InChI is InChI=1S/C41H27N3O/c42-40(28-12-3-1-4-13-28)44-41(29-14-5-2-6-15-29)43-26-27-22-23-37-36(24-27)39-34(20-11-21-38(39)45-37)35-25-30-16-7-8-17-31(30)32-18-9-10-19-33(32)35/h1-26,42H. The fourth-order valence-electron chi connectivity index (χ4n) is 6.08. The predicted octanol–water partition coefficient (Wildman–Crippen LogP) is 10.5. The van der Waals surface area contributed by atoms with Crippen LogP contribution in [-0.4, -0.2) is 17.9 Å². The number of rotatable bonds is 4. The van der Waals surface area contributed by atoms with Crippen molar-refractivity contribution in [1.29, 1.82) is 5.41 Å². The summed E-state index contributed by atoms with van der Waals surface area (Å²) in [5, 5.41) is 15.6. The lowest BCUT2D eigenvalue weighted by Gasteiger charge is -2.12. The van der Waals surface area contributed by atoms with E-state index in [1.807, 2.05) is 85.1 Å². The Morgan fingerprint density at radius 3 is 2.02 bits per heavy atom. The fraction of sp³-hybridized carbons (Fsp3) is 0. The van der Waals surface area contributed by atoms with E-state index in [-0.39, 0.29) is 5.84 Å². The second-order valence-electron chi connectivity index (χ2n) is 11.0. The van der Waals surface area contributed by atoms with Crippen LogP contribution in [0.25, 0.3) is 54.6 Å². The lowest BCUT2D eigenvalue weighted by Crippen LogP contribution is -2.04. The predicted molar refractivity (Wildman–Crippen MR) is 188 cm³/mol. The highest BCUT2D eigenvalue weighted by atomic mass is 16.3. The highest BCUT2D eigenvalue weighted by molar-refractivity contribution is 6.20. The van der Waals surface area contributed by atoms with Gasteiger partial charge in [0.2, 0.25) is 0 Å². The first-order valence-corrected chi connectivity index (χ1v) is 14.9. The molecule has 0 aliphatic heterocycles. The minimum absolute atomic E-state index is 0.162. The maximum atomic E-state index is 8.61. The van der Waals surface area contributed by atoms with Crippen LogP contribution < -0.4 is 0 Å². The molecule has 1 aromatic heterocycles. The highest BCUT2D eigenvalue weighted by Crippen LogP contribution is 2.41. The molecule has 0 saturated carbocycles. The zero-order valence-corrected chi connectivity index (χ0v) is 24.3. The first-order chi connectivity index (χ1) is 22.2. The minimum Gasteiger partial charge on any atom is -0.456 e. The first kappa shape index (κ1) is 26.5. The number of amidine groups is 2. The third-order valence-corrected chi connectivity index (χ3v) is 8.21. The zero-order chi connectivity index (χ0) is 30.2. The number of benzene rings is 7. The van der Waals surface area contributed by atoms with Gasteiger partial charge in [-0.1, -0.05) is 121 Å². The van der Waals surface area contributed by atoms with Gasteiger partial charge in [-0.2, -0.15) is 0 Å². The number of aliphatic imine (C=N–C) groups is 2. The van der Waals surface area contributed by atoms with Crippen LogP contribution in [-0.2, 0) is 0 Å². The molecule has 0 unspecified atom stereocenters. The smallest absolute Gasteiger partial charge is 0.161 e. The van der Waals surface area contributed by atoms with Crippen molar-refractivity contribution in [3.05, 3.63) is 168 Å². The molecule has 4 nitrogen and oxygen atoms in total. The highest BCUT2D eigenvalue weighted by Gasteiger charge is 2.16. The van der Waals surface area contributed by atoms with Crippen molar-refractivity contribution >= 4 is 61.4 Å². The molecule has 0 aliphatic rings. The van der Waals surface area contributed by atoms with Gasteiger partial charge in [0.1, 0.15) is 11.2 Å². The number of furan rings is 1. The first-order valence-electron chi connectivity index (χ1n) is 14.9. The van der Waals surface area contributed by atoms with Gasteiger partial charge in [-0.15, -0.1) is 0 Å². The molecular weight excluding hydrogens is 550 g/mol. The van der Waals surface area contributed by atoms with Gasteiger partial charge in [-0.05, 0) is 68.6 Å². The fourth-order valence-corrected chi connectivity index (χ4v) is 6.08. The molecule has 1 N–H and O–H groups in total. The van der Waals surface area contributed by atoms with E-state index in [0.29, 0.717) is 5.84 Å². The van der Waals surface area contributed by atoms with Crippen molar-refractivity contribution in [2.24, 2.45) is 9.98 Å². The third kappa shape index (κ3) is 4.89. The lowest BCUT2D eigenvalue weighted by molar-refractivity contribution is 0.669. The Hall–Kier alpha value is -6.13. The summed E-state index contributed by atoms with van der Waals surface area (Å²) in [6, 6.07) is 51.2. The Kier molecular flexibility index (Phi) is 6.58. The zero-order valence-electron chi connectivity index (χ0n) is 24.3. The van der Waals surface area contributed by atoms with Crippen molar-refractivity contribution in [2.45, 2.75) is 0 Å². The Morgan fingerprint density at radius 1 is 0.533 bits per heavy atom. The molecule has 7 aromatic carbocycles. The minimum atomic E-state index is 0.162. The summed E-state index contributed by atoms with van der Waals surface area (Å²) >= 11 is 0. The number of nitrogens with one attached hydrogen (secondary N) is 1. The van der Waals surface area contributed by atoms with Gasteiger partial charge < -0.3 is 4.42 Å². The van der Waals surface area contributed by atoms with Gasteiger partial charge in [0.15, 0.2) is 11.7 Å². The second-order valence-corrected chi connectivity index (χ2v) is 11.0. The summed E-state index contributed by atoms with van der Waals surface area (Å²) in [6.07, 6.45) is 1.82. The van der Waals surface area contributed by atoms with Crippen LogP contribution in [0.5, 0.6) is 0 Å². The molecule has 0 amide bonds. The molecule has 0 atom stereocenters. The molecule has 8 aromatic rings. The summed E-state index contributed by atoms with van der Waals surface area (Å²) in [5.74, 6) is 0.639. The molecule has 1 heterocycles. The van der Waals surface area contributed by atoms with Crippen LogP contribution in [0, 0.1) is 5.41 Å². The van der Waals surface area contributed by atoms with E-state index < -0.39 is 0 Å². The van der Waals surface area contributed by atoms with Gasteiger partial charge >= 0.3 is 0 Å². The summed E-state index contributed by atoms with van der Waals surface area (Å²) in [7, 11) is 0. The van der Waals surface area contributed by atoms with E-state index in [0.717, 1.165) is 44.2 Å². The van der Waals surface area contributed by atoms with Gasteiger partial charge in [-0.3, -0.25) is 5.41 Å². The molecule has 0 bridgehead atoms. The summed E-state index contributed by atoms with van der Waals surface area (Å²) < 4.78 is 6.37. The maximum Gasteiger partial charge on any atom is 0.161 e. The van der Waals surface area contributed by atoms with Gasteiger partial charge in [0.05, 0.1) is 0 Å². The van der Waals surface area contributed by atoms with Crippen LogP contribution in [0.4, 0.5) is 0 Å². The Labute approximate surface area is 260 Å². The van der Waals surface area contributed by atoms with Gasteiger partial charge in [0.25, 0.3) is 0 Å². The van der Waals surface area contributed by atoms with Crippen LogP contribution in [0.15, 0.2) is 166 Å². The Balaban J connectivity index is 1.27.